The van der Waals surface area contributed by atoms with Gasteiger partial charge >= 0.3 is 0 Å². The minimum absolute atomic E-state index is 0.0644. The summed E-state index contributed by atoms with van der Waals surface area (Å²) in [6.07, 6.45) is 6.47. The normalized spacial score (nSPS) is 28.2. The molecule has 4 nitrogen and oxygen atoms in total. The highest BCUT2D eigenvalue weighted by Gasteiger charge is 2.40. The van der Waals surface area contributed by atoms with Gasteiger partial charge < -0.3 is 9.84 Å². The zero-order valence-electron chi connectivity index (χ0n) is 12.8. The maximum Gasteiger partial charge on any atom is 0.150 e. The zero-order chi connectivity index (χ0) is 15.3. The summed E-state index contributed by atoms with van der Waals surface area (Å²) in [6.45, 7) is 3.26. The smallest absolute Gasteiger partial charge is 0.150 e. The molecule has 0 unspecified atom stereocenters. The van der Waals surface area contributed by atoms with Gasteiger partial charge in [-0.2, -0.15) is 5.10 Å². The van der Waals surface area contributed by atoms with E-state index < -0.39 is 0 Å². The van der Waals surface area contributed by atoms with Crippen LogP contribution >= 0.6 is 15.9 Å². The van der Waals surface area contributed by atoms with Crippen LogP contribution in [0.1, 0.15) is 49.0 Å². The highest BCUT2D eigenvalue weighted by atomic mass is 79.9. The third-order valence-electron chi connectivity index (χ3n) is 5.04. The van der Waals surface area contributed by atoms with Crippen LogP contribution in [0.2, 0.25) is 0 Å². The predicted octanol–water partition coefficient (Wildman–Crippen LogP) is 3.90. The molecule has 22 heavy (non-hydrogen) atoms. The first-order valence-corrected chi connectivity index (χ1v) is 8.88. The summed E-state index contributed by atoms with van der Waals surface area (Å²) < 4.78 is 9.06. The summed E-state index contributed by atoms with van der Waals surface area (Å²) in [4.78, 5) is 0. The van der Waals surface area contributed by atoms with Crippen molar-refractivity contribution in [2.24, 2.45) is 5.92 Å². The van der Waals surface area contributed by atoms with E-state index in [0.717, 1.165) is 41.2 Å². The average Bonchev–Trinajstić information content (AvgIpc) is 3.18. The van der Waals surface area contributed by atoms with Gasteiger partial charge in [-0.1, -0.05) is 0 Å². The van der Waals surface area contributed by atoms with Crippen molar-refractivity contribution in [3.63, 3.8) is 0 Å². The summed E-state index contributed by atoms with van der Waals surface area (Å²) in [6, 6.07) is 2.23. The maximum atomic E-state index is 9.36. The molecule has 1 aromatic heterocycles. The summed E-state index contributed by atoms with van der Waals surface area (Å²) in [5.74, 6) is 0.905. The first-order chi connectivity index (χ1) is 10.7. The Balaban J connectivity index is 1.77. The van der Waals surface area contributed by atoms with Crippen molar-refractivity contribution in [1.82, 2.24) is 9.78 Å². The standard InChI is InChI=1S/C17H21BrN2O2/c1-10-6-14-13(17(18)16(10)12-7-11(12)9-21)8-19-20(14)15-4-2-3-5-22-15/h6,8,11-12,15,21H,2-5,7,9H2,1H3/t11-,12-,15+/m0/s1. The van der Waals surface area contributed by atoms with E-state index in [4.69, 9.17) is 4.74 Å². The van der Waals surface area contributed by atoms with Crippen molar-refractivity contribution in [3.05, 3.63) is 27.9 Å². The molecule has 0 radical (unpaired) electrons. The molecule has 1 saturated carbocycles. The van der Waals surface area contributed by atoms with Crippen molar-refractivity contribution in [1.29, 1.82) is 0 Å². The van der Waals surface area contributed by atoms with Gasteiger partial charge in [0.05, 0.1) is 11.7 Å². The number of hydrogen-bond donors (Lipinski definition) is 1. The Bertz CT molecular complexity index is 706. The lowest BCUT2D eigenvalue weighted by molar-refractivity contribution is -0.0366. The molecular formula is C17H21BrN2O2. The fraction of sp³-hybridized carbons (Fsp3) is 0.588. The molecule has 0 spiro atoms. The summed E-state index contributed by atoms with van der Waals surface area (Å²) >= 11 is 3.79. The number of rotatable bonds is 3. The van der Waals surface area contributed by atoms with Crippen LogP contribution in [0.3, 0.4) is 0 Å². The molecule has 1 aliphatic carbocycles. The Morgan fingerprint density at radius 3 is 3.00 bits per heavy atom. The van der Waals surface area contributed by atoms with Gasteiger partial charge in [0, 0.05) is 23.1 Å². The van der Waals surface area contributed by atoms with Crippen molar-refractivity contribution in [3.8, 4) is 0 Å². The van der Waals surface area contributed by atoms with Crippen molar-refractivity contribution in [2.45, 2.75) is 44.8 Å². The van der Waals surface area contributed by atoms with Crippen LogP contribution in [-0.2, 0) is 4.74 Å². The van der Waals surface area contributed by atoms with Crippen LogP contribution in [0, 0.1) is 12.8 Å². The summed E-state index contributed by atoms with van der Waals surface area (Å²) in [7, 11) is 0. The lowest BCUT2D eigenvalue weighted by atomic mass is 10.0. The third kappa shape index (κ3) is 2.30. The SMILES string of the molecule is Cc1cc2c(cnn2[C@H]2CCCCO2)c(Br)c1[C@H]1C[C@H]1CO. The fourth-order valence-corrected chi connectivity index (χ4v) is 4.60. The predicted molar refractivity (Wildman–Crippen MR) is 88.9 cm³/mol. The van der Waals surface area contributed by atoms with E-state index in [9.17, 15) is 5.11 Å². The topological polar surface area (TPSA) is 47.3 Å². The largest absolute Gasteiger partial charge is 0.396 e. The van der Waals surface area contributed by atoms with Crippen molar-refractivity contribution < 1.29 is 9.84 Å². The van der Waals surface area contributed by atoms with E-state index in [1.807, 2.05) is 10.9 Å². The molecule has 1 aromatic carbocycles. The number of aryl methyl sites for hydroxylation is 1. The highest BCUT2D eigenvalue weighted by molar-refractivity contribution is 9.10. The monoisotopic (exact) mass is 364 g/mol. The number of aliphatic hydroxyl groups excluding tert-OH is 1. The number of aromatic nitrogens is 2. The minimum Gasteiger partial charge on any atom is -0.396 e. The number of benzene rings is 1. The number of ether oxygens (including phenoxy) is 1. The zero-order valence-corrected chi connectivity index (χ0v) is 14.3. The number of hydrogen-bond acceptors (Lipinski definition) is 3. The molecule has 5 heteroatoms. The van der Waals surface area contributed by atoms with Gasteiger partial charge in [0.1, 0.15) is 0 Å². The van der Waals surface area contributed by atoms with Crippen molar-refractivity contribution in [2.75, 3.05) is 13.2 Å². The molecule has 2 aromatic rings. The second-order valence-electron chi connectivity index (χ2n) is 6.55. The van der Waals surface area contributed by atoms with Gasteiger partial charge in [0.2, 0.25) is 0 Å². The first-order valence-electron chi connectivity index (χ1n) is 8.09. The fourth-order valence-electron chi connectivity index (χ4n) is 3.69. The van der Waals surface area contributed by atoms with Crippen LogP contribution in [0.15, 0.2) is 16.7 Å². The summed E-state index contributed by atoms with van der Waals surface area (Å²) in [5, 5.41) is 15.1. The van der Waals surface area contributed by atoms with Gasteiger partial charge in [0.15, 0.2) is 6.23 Å². The number of nitrogens with zero attached hydrogens (tertiary/aromatic N) is 2. The Kier molecular flexibility index (Phi) is 3.75. The highest BCUT2D eigenvalue weighted by Crippen LogP contribution is 2.51. The second-order valence-corrected chi connectivity index (χ2v) is 7.34. The molecular weight excluding hydrogens is 344 g/mol. The van der Waals surface area contributed by atoms with Crippen LogP contribution < -0.4 is 0 Å². The summed E-state index contributed by atoms with van der Waals surface area (Å²) in [5.41, 5.74) is 3.76. The van der Waals surface area contributed by atoms with Crippen LogP contribution in [0.4, 0.5) is 0 Å². The average molecular weight is 365 g/mol. The molecule has 2 fully saturated rings. The van der Waals surface area contributed by atoms with E-state index in [1.165, 1.54) is 17.5 Å². The maximum absolute atomic E-state index is 9.36. The lowest BCUT2D eigenvalue weighted by Crippen LogP contribution is -2.19. The van der Waals surface area contributed by atoms with E-state index in [2.05, 4.69) is 34.0 Å². The van der Waals surface area contributed by atoms with E-state index in [-0.39, 0.29) is 12.8 Å². The Morgan fingerprint density at radius 2 is 2.32 bits per heavy atom. The number of halogens is 1. The first kappa shape index (κ1) is 14.7. The number of fused-ring (bicyclic) bond motifs is 1. The third-order valence-corrected chi connectivity index (χ3v) is 5.90. The second kappa shape index (κ2) is 5.62. The van der Waals surface area contributed by atoms with Gasteiger partial charge in [-0.25, -0.2) is 4.68 Å². The van der Waals surface area contributed by atoms with E-state index in [0.29, 0.717) is 11.8 Å². The van der Waals surface area contributed by atoms with Crippen LogP contribution in [-0.4, -0.2) is 28.1 Å². The van der Waals surface area contributed by atoms with Gasteiger partial charge in [-0.05, 0) is 77.6 Å². The Labute approximate surface area is 138 Å². The lowest BCUT2D eigenvalue weighted by Gasteiger charge is -2.23. The quantitative estimate of drug-likeness (QED) is 0.898. The van der Waals surface area contributed by atoms with E-state index >= 15 is 0 Å². The molecule has 3 atom stereocenters. The van der Waals surface area contributed by atoms with Gasteiger partial charge in [-0.3, -0.25) is 0 Å². The molecule has 0 bridgehead atoms. The molecule has 1 saturated heterocycles. The number of aliphatic hydroxyl groups is 1. The molecule has 2 heterocycles. The van der Waals surface area contributed by atoms with Gasteiger partial charge in [-0.15, -0.1) is 0 Å². The minimum atomic E-state index is 0.0644. The van der Waals surface area contributed by atoms with Gasteiger partial charge in [0.25, 0.3) is 0 Å². The van der Waals surface area contributed by atoms with E-state index in [1.54, 1.807) is 0 Å². The molecule has 2 aliphatic rings. The van der Waals surface area contributed by atoms with Crippen molar-refractivity contribution >= 4 is 26.8 Å². The molecule has 118 valence electrons. The molecule has 1 aliphatic heterocycles. The molecule has 4 rings (SSSR count). The Hall–Kier alpha value is -0.910. The van der Waals surface area contributed by atoms with Crippen LogP contribution in [0.5, 0.6) is 0 Å². The van der Waals surface area contributed by atoms with Crippen LogP contribution in [0.25, 0.3) is 10.9 Å². The molecule has 1 N–H and O–H groups in total. The Morgan fingerprint density at radius 1 is 1.45 bits per heavy atom. The molecule has 0 amide bonds.